The van der Waals surface area contributed by atoms with Crippen LogP contribution in [0.1, 0.15) is 6.42 Å². The second kappa shape index (κ2) is 5.36. The van der Waals surface area contributed by atoms with Gasteiger partial charge in [0.2, 0.25) is 0 Å². The Morgan fingerprint density at radius 1 is 1.43 bits per heavy atom. The molecule has 0 saturated carbocycles. The van der Waals surface area contributed by atoms with Crippen LogP contribution in [0.2, 0.25) is 0 Å². The van der Waals surface area contributed by atoms with Crippen LogP contribution in [0.4, 0.5) is 0 Å². The first-order valence-corrected chi connectivity index (χ1v) is 4.84. The molecule has 0 saturated heterocycles. The second-order valence-corrected chi connectivity index (χ2v) is 3.62. The molecular weight excluding hydrogens is 242 g/mol. The molecule has 3 heteroatoms. The maximum Gasteiger partial charge on any atom is 0.146 e. The molecule has 14 heavy (non-hydrogen) atoms. The van der Waals surface area contributed by atoms with Crippen molar-refractivity contribution in [3.8, 4) is 6.07 Å². The standard InChI is InChI=1S/C11H8BrNO/c12-11(7-13)6-9-3-1-2-4-10(5-9)8-14/h1-4,6,8H,5H2/b11-6+. The topological polar surface area (TPSA) is 40.9 Å². The SMILES string of the molecule is N#C/C(Br)=C\C1=CC=CC=C(C=O)C1. The van der Waals surface area contributed by atoms with Gasteiger partial charge >= 0.3 is 0 Å². The third-order valence-electron chi connectivity index (χ3n) is 1.71. The summed E-state index contributed by atoms with van der Waals surface area (Å²) in [5.41, 5.74) is 1.64. The first-order valence-electron chi connectivity index (χ1n) is 4.05. The van der Waals surface area contributed by atoms with E-state index in [1.54, 1.807) is 12.2 Å². The van der Waals surface area contributed by atoms with Crippen LogP contribution >= 0.6 is 15.9 Å². The smallest absolute Gasteiger partial charge is 0.146 e. The van der Waals surface area contributed by atoms with Gasteiger partial charge in [0.25, 0.3) is 0 Å². The predicted octanol–water partition coefficient (Wildman–Crippen LogP) is 2.80. The summed E-state index contributed by atoms with van der Waals surface area (Å²) in [6.45, 7) is 0. The van der Waals surface area contributed by atoms with Crippen molar-refractivity contribution in [2.24, 2.45) is 0 Å². The lowest BCUT2D eigenvalue weighted by atomic mass is 10.1. The largest absolute Gasteiger partial charge is 0.298 e. The van der Waals surface area contributed by atoms with E-state index in [0.29, 0.717) is 16.5 Å². The van der Waals surface area contributed by atoms with E-state index < -0.39 is 0 Å². The van der Waals surface area contributed by atoms with Crippen LogP contribution in [-0.2, 0) is 4.79 Å². The molecule has 1 aliphatic rings. The summed E-state index contributed by atoms with van der Waals surface area (Å²) < 4.78 is 0.462. The maximum atomic E-state index is 10.6. The fourth-order valence-corrected chi connectivity index (χ4v) is 1.38. The lowest BCUT2D eigenvalue weighted by Gasteiger charge is -1.98. The van der Waals surface area contributed by atoms with Crippen LogP contribution in [0.15, 0.2) is 46.0 Å². The van der Waals surface area contributed by atoms with E-state index in [1.165, 1.54) is 0 Å². The van der Waals surface area contributed by atoms with E-state index in [-0.39, 0.29) is 0 Å². The highest BCUT2D eigenvalue weighted by Crippen LogP contribution is 2.17. The molecule has 0 fully saturated rings. The van der Waals surface area contributed by atoms with Crippen molar-refractivity contribution in [1.29, 1.82) is 5.26 Å². The predicted molar refractivity (Wildman–Crippen MR) is 58.6 cm³/mol. The van der Waals surface area contributed by atoms with Gasteiger partial charge in [-0.25, -0.2) is 0 Å². The van der Waals surface area contributed by atoms with Crippen LogP contribution in [0.25, 0.3) is 0 Å². The van der Waals surface area contributed by atoms with E-state index >= 15 is 0 Å². The minimum absolute atomic E-state index is 0.462. The first kappa shape index (κ1) is 10.7. The van der Waals surface area contributed by atoms with Gasteiger partial charge in [-0.15, -0.1) is 0 Å². The van der Waals surface area contributed by atoms with E-state index in [4.69, 9.17) is 5.26 Å². The summed E-state index contributed by atoms with van der Waals surface area (Å²) in [6.07, 6.45) is 10.4. The number of nitriles is 1. The number of rotatable bonds is 2. The zero-order valence-corrected chi connectivity index (χ0v) is 8.99. The van der Waals surface area contributed by atoms with Crippen molar-refractivity contribution in [3.05, 3.63) is 46.0 Å². The first-order chi connectivity index (χ1) is 6.76. The van der Waals surface area contributed by atoms with E-state index in [2.05, 4.69) is 15.9 Å². The fraction of sp³-hybridized carbons (Fsp3) is 0.0909. The number of halogens is 1. The molecule has 0 bridgehead atoms. The molecule has 70 valence electrons. The fourth-order valence-electron chi connectivity index (χ4n) is 1.09. The normalized spacial score (nSPS) is 16.4. The monoisotopic (exact) mass is 249 g/mol. The van der Waals surface area contributed by atoms with Crippen LogP contribution in [0.3, 0.4) is 0 Å². The Balaban J connectivity index is 2.89. The molecule has 0 heterocycles. The van der Waals surface area contributed by atoms with Crippen molar-refractivity contribution in [2.75, 3.05) is 0 Å². The molecule has 2 nitrogen and oxygen atoms in total. The number of hydrogen-bond acceptors (Lipinski definition) is 2. The maximum absolute atomic E-state index is 10.6. The Morgan fingerprint density at radius 3 is 2.64 bits per heavy atom. The van der Waals surface area contributed by atoms with Gasteiger partial charge < -0.3 is 0 Å². The minimum atomic E-state index is 0.462. The zero-order chi connectivity index (χ0) is 10.4. The van der Waals surface area contributed by atoms with E-state index in [9.17, 15) is 4.79 Å². The Bertz CT molecular complexity index is 394. The lowest BCUT2D eigenvalue weighted by Crippen LogP contribution is -1.86. The number of aldehydes is 1. The quantitative estimate of drug-likeness (QED) is 0.558. The van der Waals surface area contributed by atoms with Crippen molar-refractivity contribution >= 4 is 22.2 Å². The molecule has 0 aliphatic heterocycles. The molecule has 1 rings (SSSR count). The van der Waals surface area contributed by atoms with Gasteiger partial charge in [0, 0.05) is 6.42 Å². The Morgan fingerprint density at radius 2 is 2.07 bits per heavy atom. The van der Waals surface area contributed by atoms with Gasteiger partial charge in [-0.2, -0.15) is 5.26 Å². The number of hydrogen-bond donors (Lipinski definition) is 0. The number of carbonyl (C=O) groups excluding carboxylic acids is 1. The Kier molecular flexibility index (Phi) is 4.09. The number of nitrogens with zero attached hydrogens (tertiary/aromatic N) is 1. The molecule has 0 N–H and O–H groups in total. The van der Waals surface area contributed by atoms with Crippen LogP contribution in [0.5, 0.6) is 0 Å². The molecular formula is C11H8BrNO. The van der Waals surface area contributed by atoms with Crippen molar-refractivity contribution in [1.82, 2.24) is 0 Å². The van der Waals surface area contributed by atoms with Gasteiger partial charge in [-0.3, -0.25) is 4.79 Å². The summed E-state index contributed by atoms with van der Waals surface area (Å²) >= 11 is 3.11. The van der Waals surface area contributed by atoms with Crippen molar-refractivity contribution in [2.45, 2.75) is 6.42 Å². The highest BCUT2D eigenvalue weighted by Gasteiger charge is 2.01. The molecule has 0 aromatic rings. The summed E-state index contributed by atoms with van der Waals surface area (Å²) in [4.78, 5) is 10.6. The van der Waals surface area contributed by atoms with Gasteiger partial charge in [0.15, 0.2) is 0 Å². The van der Waals surface area contributed by atoms with Gasteiger partial charge in [-0.05, 0) is 33.2 Å². The molecule has 0 amide bonds. The average Bonchev–Trinajstić information content (AvgIpc) is 2.42. The molecule has 1 aliphatic carbocycles. The van der Waals surface area contributed by atoms with Crippen molar-refractivity contribution < 1.29 is 4.79 Å². The number of carbonyl (C=O) groups is 1. The highest BCUT2D eigenvalue weighted by molar-refractivity contribution is 9.12. The van der Waals surface area contributed by atoms with Crippen LogP contribution in [0, 0.1) is 11.3 Å². The summed E-state index contributed by atoms with van der Waals surface area (Å²) in [5, 5.41) is 8.56. The van der Waals surface area contributed by atoms with E-state index in [0.717, 1.165) is 11.9 Å². The Labute approximate surface area is 91.0 Å². The molecule has 0 aromatic carbocycles. The third-order valence-corrected chi connectivity index (χ3v) is 2.12. The van der Waals surface area contributed by atoms with Gasteiger partial charge in [0.05, 0.1) is 4.48 Å². The van der Waals surface area contributed by atoms with Crippen LogP contribution in [-0.4, -0.2) is 6.29 Å². The van der Waals surface area contributed by atoms with Gasteiger partial charge in [0.1, 0.15) is 12.4 Å². The third kappa shape index (κ3) is 3.15. The molecule has 0 spiro atoms. The van der Waals surface area contributed by atoms with Crippen LogP contribution < -0.4 is 0 Å². The second-order valence-electron chi connectivity index (χ2n) is 2.77. The number of allylic oxidation sites excluding steroid dienone is 8. The zero-order valence-electron chi connectivity index (χ0n) is 7.40. The lowest BCUT2D eigenvalue weighted by molar-refractivity contribution is -0.105. The summed E-state index contributed by atoms with van der Waals surface area (Å²) in [7, 11) is 0. The summed E-state index contributed by atoms with van der Waals surface area (Å²) in [6, 6.07) is 1.97. The van der Waals surface area contributed by atoms with Gasteiger partial charge in [-0.1, -0.05) is 24.3 Å². The van der Waals surface area contributed by atoms with Crippen molar-refractivity contribution in [3.63, 3.8) is 0 Å². The highest BCUT2D eigenvalue weighted by atomic mass is 79.9. The molecule has 0 atom stereocenters. The van der Waals surface area contributed by atoms with E-state index in [1.807, 2.05) is 24.3 Å². The molecule has 0 unspecified atom stereocenters. The molecule has 0 aromatic heterocycles. The Hall–Kier alpha value is -1.40. The summed E-state index contributed by atoms with van der Waals surface area (Å²) in [5.74, 6) is 0. The minimum Gasteiger partial charge on any atom is -0.298 e. The molecule has 0 radical (unpaired) electrons. The average molecular weight is 250 g/mol.